The summed E-state index contributed by atoms with van der Waals surface area (Å²) < 4.78 is 5.29. The van der Waals surface area contributed by atoms with E-state index in [-0.39, 0.29) is 0 Å². The van der Waals surface area contributed by atoms with Crippen molar-refractivity contribution in [3.05, 3.63) is 60.2 Å². The van der Waals surface area contributed by atoms with Gasteiger partial charge in [-0.25, -0.2) is 0 Å². The molecule has 2 rings (SSSR count). The van der Waals surface area contributed by atoms with Crippen molar-refractivity contribution in [1.82, 2.24) is 5.32 Å². The number of para-hydroxylation sites is 2. The lowest BCUT2D eigenvalue weighted by Gasteiger charge is -2.11. The average Bonchev–Trinajstić information content (AvgIpc) is 2.48. The van der Waals surface area contributed by atoms with Gasteiger partial charge in [0.05, 0.1) is 12.8 Å². The smallest absolute Gasteiger partial charge is 0.141 e. The van der Waals surface area contributed by atoms with Crippen molar-refractivity contribution in [3.8, 4) is 5.75 Å². The molecule has 3 heteroatoms. The molecule has 19 heavy (non-hydrogen) atoms. The third-order valence-corrected chi connectivity index (χ3v) is 2.90. The van der Waals surface area contributed by atoms with Gasteiger partial charge in [0.2, 0.25) is 0 Å². The van der Waals surface area contributed by atoms with Crippen molar-refractivity contribution in [2.45, 2.75) is 6.54 Å². The molecule has 0 aliphatic heterocycles. The first-order valence-corrected chi connectivity index (χ1v) is 6.51. The molecule has 0 saturated carbocycles. The summed E-state index contributed by atoms with van der Waals surface area (Å²) in [6.45, 7) is 2.68. The van der Waals surface area contributed by atoms with Gasteiger partial charge < -0.3 is 15.4 Å². The van der Waals surface area contributed by atoms with Crippen LogP contribution in [-0.2, 0) is 6.54 Å². The van der Waals surface area contributed by atoms with Crippen molar-refractivity contribution in [3.63, 3.8) is 0 Å². The minimum Gasteiger partial charge on any atom is -0.495 e. The molecule has 2 aromatic carbocycles. The zero-order chi connectivity index (χ0) is 13.3. The Kier molecular flexibility index (Phi) is 5.26. The van der Waals surface area contributed by atoms with E-state index >= 15 is 0 Å². The van der Waals surface area contributed by atoms with E-state index in [4.69, 9.17) is 4.74 Å². The molecule has 0 unspecified atom stereocenters. The molecule has 0 aliphatic rings. The summed E-state index contributed by atoms with van der Waals surface area (Å²) >= 11 is 0. The minimum atomic E-state index is 0.868. The Morgan fingerprint density at radius 3 is 2.42 bits per heavy atom. The average molecular weight is 256 g/mol. The molecular formula is C16H20N2O. The van der Waals surface area contributed by atoms with Crippen LogP contribution >= 0.6 is 0 Å². The highest BCUT2D eigenvalue weighted by atomic mass is 16.5. The van der Waals surface area contributed by atoms with Crippen molar-refractivity contribution in [2.75, 3.05) is 25.5 Å². The second-order valence-corrected chi connectivity index (χ2v) is 4.29. The fraction of sp³-hybridized carbons (Fsp3) is 0.250. The summed E-state index contributed by atoms with van der Waals surface area (Å²) in [5.74, 6) is 0.880. The van der Waals surface area contributed by atoms with Crippen LogP contribution in [0.4, 0.5) is 5.69 Å². The fourth-order valence-electron chi connectivity index (χ4n) is 1.90. The summed E-state index contributed by atoms with van der Waals surface area (Å²) in [6.07, 6.45) is 0. The summed E-state index contributed by atoms with van der Waals surface area (Å²) in [6, 6.07) is 18.4. The first-order valence-electron chi connectivity index (χ1n) is 6.51. The zero-order valence-corrected chi connectivity index (χ0v) is 11.2. The van der Waals surface area contributed by atoms with Gasteiger partial charge in [0, 0.05) is 19.6 Å². The Morgan fingerprint density at radius 1 is 0.895 bits per heavy atom. The lowest BCUT2D eigenvalue weighted by Crippen LogP contribution is -2.21. The van der Waals surface area contributed by atoms with Gasteiger partial charge in [-0.1, -0.05) is 42.5 Å². The van der Waals surface area contributed by atoms with Crippen LogP contribution in [0.25, 0.3) is 0 Å². The molecule has 3 nitrogen and oxygen atoms in total. The minimum absolute atomic E-state index is 0.868. The van der Waals surface area contributed by atoms with Crippen LogP contribution in [0.2, 0.25) is 0 Å². The molecule has 100 valence electrons. The van der Waals surface area contributed by atoms with E-state index < -0.39 is 0 Å². The van der Waals surface area contributed by atoms with E-state index in [1.54, 1.807) is 7.11 Å². The van der Waals surface area contributed by atoms with E-state index in [0.717, 1.165) is 31.1 Å². The van der Waals surface area contributed by atoms with Crippen molar-refractivity contribution >= 4 is 5.69 Å². The molecule has 0 saturated heterocycles. The van der Waals surface area contributed by atoms with Crippen molar-refractivity contribution in [2.24, 2.45) is 0 Å². The van der Waals surface area contributed by atoms with Crippen molar-refractivity contribution < 1.29 is 4.74 Å². The maximum absolute atomic E-state index is 5.29. The van der Waals surface area contributed by atoms with E-state index in [2.05, 4.69) is 34.9 Å². The molecule has 0 radical (unpaired) electrons. The number of methoxy groups -OCH3 is 1. The first kappa shape index (κ1) is 13.4. The Morgan fingerprint density at radius 2 is 1.63 bits per heavy atom. The summed E-state index contributed by atoms with van der Waals surface area (Å²) in [5.41, 5.74) is 2.34. The molecule has 0 fully saturated rings. The van der Waals surface area contributed by atoms with Crippen LogP contribution in [0.1, 0.15) is 5.56 Å². The quantitative estimate of drug-likeness (QED) is 0.747. The third kappa shape index (κ3) is 4.30. The Bertz CT molecular complexity index is 485. The predicted molar refractivity (Wildman–Crippen MR) is 79.6 cm³/mol. The second-order valence-electron chi connectivity index (χ2n) is 4.29. The number of nitrogens with one attached hydrogen (secondary N) is 2. The standard InChI is InChI=1S/C16H20N2O/c1-19-16-10-6-5-9-15(16)18-12-11-17-13-14-7-3-2-4-8-14/h2-10,17-18H,11-13H2,1H3. The molecule has 2 aromatic rings. The number of ether oxygens (including phenoxy) is 1. The van der Waals surface area contributed by atoms with Crippen molar-refractivity contribution in [1.29, 1.82) is 0 Å². The molecule has 0 aliphatic carbocycles. The summed E-state index contributed by atoms with van der Waals surface area (Å²) in [7, 11) is 1.69. The summed E-state index contributed by atoms with van der Waals surface area (Å²) in [4.78, 5) is 0. The van der Waals surface area contributed by atoms with Gasteiger partial charge >= 0.3 is 0 Å². The monoisotopic (exact) mass is 256 g/mol. The van der Waals surface area contributed by atoms with Gasteiger partial charge in [0.15, 0.2) is 0 Å². The van der Waals surface area contributed by atoms with E-state index in [1.807, 2.05) is 30.3 Å². The Hall–Kier alpha value is -2.00. The third-order valence-electron chi connectivity index (χ3n) is 2.90. The molecule has 2 N–H and O–H groups in total. The van der Waals surface area contributed by atoms with Gasteiger partial charge in [-0.05, 0) is 17.7 Å². The number of hydrogen-bond donors (Lipinski definition) is 2. The molecule has 0 bridgehead atoms. The van der Waals surface area contributed by atoms with Crippen LogP contribution in [0.3, 0.4) is 0 Å². The molecule has 0 amide bonds. The van der Waals surface area contributed by atoms with Gasteiger partial charge in [0.1, 0.15) is 5.75 Å². The van der Waals surface area contributed by atoms with Gasteiger partial charge in [0.25, 0.3) is 0 Å². The highest BCUT2D eigenvalue weighted by Crippen LogP contribution is 2.22. The largest absolute Gasteiger partial charge is 0.495 e. The van der Waals surface area contributed by atoms with Crippen LogP contribution in [0, 0.1) is 0 Å². The molecule has 0 aromatic heterocycles. The lowest BCUT2D eigenvalue weighted by molar-refractivity contribution is 0.416. The molecule has 0 atom stereocenters. The predicted octanol–water partition coefficient (Wildman–Crippen LogP) is 2.90. The second kappa shape index (κ2) is 7.44. The Balaban J connectivity index is 1.69. The van der Waals surface area contributed by atoms with Gasteiger partial charge in [-0.2, -0.15) is 0 Å². The van der Waals surface area contributed by atoms with Crippen LogP contribution in [0.15, 0.2) is 54.6 Å². The maximum atomic E-state index is 5.29. The Labute approximate surface area is 114 Å². The highest BCUT2D eigenvalue weighted by Gasteiger charge is 1.99. The lowest BCUT2D eigenvalue weighted by atomic mass is 10.2. The first-order chi connectivity index (χ1) is 9.40. The van der Waals surface area contributed by atoms with Crippen LogP contribution in [0.5, 0.6) is 5.75 Å². The van der Waals surface area contributed by atoms with E-state index in [9.17, 15) is 0 Å². The topological polar surface area (TPSA) is 33.3 Å². The number of benzene rings is 2. The normalized spacial score (nSPS) is 10.2. The van der Waals surface area contributed by atoms with Gasteiger partial charge in [-0.15, -0.1) is 0 Å². The van der Waals surface area contributed by atoms with Gasteiger partial charge in [-0.3, -0.25) is 0 Å². The fourth-order valence-corrected chi connectivity index (χ4v) is 1.90. The summed E-state index contributed by atoms with van der Waals surface area (Å²) in [5, 5.41) is 6.77. The molecule has 0 heterocycles. The highest BCUT2D eigenvalue weighted by molar-refractivity contribution is 5.56. The zero-order valence-electron chi connectivity index (χ0n) is 11.2. The van der Waals surface area contributed by atoms with Crippen LogP contribution < -0.4 is 15.4 Å². The molecule has 0 spiro atoms. The van der Waals surface area contributed by atoms with E-state index in [0.29, 0.717) is 0 Å². The number of anilines is 1. The number of rotatable bonds is 7. The van der Waals surface area contributed by atoms with Crippen LogP contribution in [-0.4, -0.2) is 20.2 Å². The SMILES string of the molecule is COc1ccccc1NCCNCc1ccccc1. The van der Waals surface area contributed by atoms with E-state index in [1.165, 1.54) is 5.56 Å². The number of hydrogen-bond acceptors (Lipinski definition) is 3. The maximum Gasteiger partial charge on any atom is 0.141 e. The molecular weight excluding hydrogens is 236 g/mol.